The minimum atomic E-state index is -1.04. The first kappa shape index (κ1) is 20.5. The van der Waals surface area contributed by atoms with Gasteiger partial charge < -0.3 is 20.8 Å². The molecule has 29 heavy (non-hydrogen) atoms. The van der Waals surface area contributed by atoms with Crippen molar-refractivity contribution in [3.05, 3.63) is 53.7 Å². The van der Waals surface area contributed by atoms with Gasteiger partial charge in [-0.3, -0.25) is 4.79 Å². The van der Waals surface area contributed by atoms with E-state index >= 15 is 0 Å². The number of nitrogens with zero attached hydrogens (tertiary/aromatic N) is 3. The van der Waals surface area contributed by atoms with Gasteiger partial charge in [-0.1, -0.05) is 5.16 Å². The van der Waals surface area contributed by atoms with Crippen molar-refractivity contribution in [2.24, 2.45) is 10.9 Å². The van der Waals surface area contributed by atoms with E-state index in [1.807, 2.05) is 6.07 Å². The zero-order valence-electron chi connectivity index (χ0n) is 16.1. The highest BCUT2D eigenvalue weighted by molar-refractivity contribution is 5.97. The highest BCUT2D eigenvalue weighted by Crippen LogP contribution is 2.18. The molecule has 0 bridgehead atoms. The third-order valence-corrected chi connectivity index (χ3v) is 4.59. The van der Waals surface area contributed by atoms with Crippen molar-refractivity contribution in [3.63, 3.8) is 0 Å². The number of halogens is 2. The quantitative estimate of drug-likeness (QED) is 0.439. The van der Waals surface area contributed by atoms with Crippen LogP contribution in [0, 0.1) is 11.6 Å². The Kier molecular flexibility index (Phi) is 6.58. The maximum atomic E-state index is 13.6. The number of pyridine rings is 1. The number of aromatic nitrogens is 1. The van der Waals surface area contributed by atoms with Gasteiger partial charge in [0.1, 0.15) is 17.5 Å². The fourth-order valence-electron chi connectivity index (χ4n) is 2.91. The van der Waals surface area contributed by atoms with Crippen molar-refractivity contribution in [1.29, 1.82) is 0 Å². The normalized spacial score (nSPS) is 15.7. The van der Waals surface area contributed by atoms with Gasteiger partial charge in [0.15, 0.2) is 5.84 Å². The van der Waals surface area contributed by atoms with Crippen LogP contribution in [-0.2, 0) is 9.63 Å². The highest BCUT2D eigenvalue weighted by atomic mass is 19.1. The Hall–Kier alpha value is -3.23. The number of nitrogens with two attached hydrogens (primary N) is 1. The third kappa shape index (κ3) is 5.40. The number of oxime groups is 1. The molecule has 1 aliphatic rings. The lowest BCUT2D eigenvalue weighted by molar-refractivity contribution is -0.126. The van der Waals surface area contributed by atoms with Crippen molar-refractivity contribution in [2.45, 2.75) is 32.3 Å². The first-order chi connectivity index (χ1) is 13.9. The number of benzene rings is 1. The van der Waals surface area contributed by atoms with Crippen LogP contribution in [0.1, 0.15) is 31.7 Å². The Morgan fingerprint density at radius 2 is 2.00 bits per heavy atom. The molecule has 7 nitrogen and oxygen atoms in total. The number of carbonyl (C=O) groups is 1. The second-order valence-corrected chi connectivity index (χ2v) is 6.79. The number of hydrogen-bond donors (Lipinski definition) is 2. The summed E-state index contributed by atoms with van der Waals surface area (Å²) in [6, 6.07) is 6.51. The first-order valence-corrected chi connectivity index (χ1v) is 9.40. The van der Waals surface area contributed by atoms with E-state index in [1.54, 1.807) is 12.3 Å². The molecule has 1 saturated heterocycles. The molecule has 1 fully saturated rings. The second kappa shape index (κ2) is 9.31. The zero-order valence-corrected chi connectivity index (χ0v) is 16.1. The fourth-order valence-corrected chi connectivity index (χ4v) is 2.91. The van der Waals surface area contributed by atoms with Crippen LogP contribution in [-0.4, -0.2) is 35.9 Å². The van der Waals surface area contributed by atoms with Crippen molar-refractivity contribution in [1.82, 2.24) is 4.98 Å². The maximum Gasteiger partial charge on any atom is 0.268 e. The summed E-state index contributed by atoms with van der Waals surface area (Å²) >= 11 is 0. The highest BCUT2D eigenvalue weighted by Gasteiger charge is 2.17. The summed E-state index contributed by atoms with van der Waals surface area (Å²) in [5, 5.41) is 6.07. The molecular weight excluding hydrogens is 380 g/mol. The molecule has 3 N–H and O–H groups in total. The molecule has 2 heterocycles. The number of anilines is 2. The van der Waals surface area contributed by atoms with Crippen LogP contribution in [0.25, 0.3) is 0 Å². The summed E-state index contributed by atoms with van der Waals surface area (Å²) in [4.78, 5) is 23.8. The van der Waals surface area contributed by atoms with Gasteiger partial charge >= 0.3 is 0 Å². The number of hydrogen-bond acceptors (Lipinski definition) is 5. The smallest absolute Gasteiger partial charge is 0.268 e. The van der Waals surface area contributed by atoms with Crippen molar-refractivity contribution in [2.75, 3.05) is 23.3 Å². The molecule has 1 aliphatic heterocycles. The lowest BCUT2D eigenvalue weighted by Gasteiger charge is -2.27. The molecule has 154 valence electrons. The summed E-state index contributed by atoms with van der Waals surface area (Å²) in [7, 11) is 0. The molecule has 9 heteroatoms. The Labute approximate surface area is 167 Å². The van der Waals surface area contributed by atoms with Crippen LogP contribution < -0.4 is 16.0 Å². The van der Waals surface area contributed by atoms with E-state index in [0.717, 1.165) is 43.9 Å². The van der Waals surface area contributed by atoms with Gasteiger partial charge in [-0.2, -0.15) is 0 Å². The molecule has 0 aliphatic carbocycles. The topological polar surface area (TPSA) is 92.8 Å². The Morgan fingerprint density at radius 3 is 2.66 bits per heavy atom. The number of rotatable bonds is 6. The Morgan fingerprint density at radius 1 is 1.24 bits per heavy atom. The standard InChI is InChI=1S/C20H23F2N5O2/c1-13(20(28)25-17-7-6-15(21)11-16(17)22)29-26-19(23)14-5-8-18(24-12-14)27-9-3-2-4-10-27/h5-8,11-13H,2-4,9-10H2,1H3,(H2,23,26)(H,25,28). The molecule has 1 atom stereocenters. The monoisotopic (exact) mass is 403 g/mol. The van der Waals surface area contributed by atoms with Gasteiger partial charge in [0, 0.05) is 30.9 Å². The van der Waals surface area contributed by atoms with Crippen LogP contribution in [0.5, 0.6) is 0 Å². The zero-order chi connectivity index (χ0) is 20.8. The average molecular weight is 403 g/mol. The number of amides is 1. The fraction of sp³-hybridized carbons (Fsp3) is 0.350. The minimum absolute atomic E-state index is 0.0651. The van der Waals surface area contributed by atoms with E-state index in [9.17, 15) is 13.6 Å². The number of piperidine rings is 1. The van der Waals surface area contributed by atoms with Gasteiger partial charge in [0.2, 0.25) is 6.10 Å². The first-order valence-electron chi connectivity index (χ1n) is 9.40. The molecule has 1 unspecified atom stereocenters. The van der Waals surface area contributed by atoms with Crippen LogP contribution in [0.15, 0.2) is 41.7 Å². The second-order valence-electron chi connectivity index (χ2n) is 6.79. The van der Waals surface area contributed by atoms with Gasteiger partial charge in [-0.15, -0.1) is 0 Å². The summed E-state index contributed by atoms with van der Waals surface area (Å²) in [6.07, 6.45) is 4.11. The number of amidine groups is 1. The predicted octanol–water partition coefficient (Wildman–Crippen LogP) is 3.01. The summed E-state index contributed by atoms with van der Waals surface area (Å²) in [5.41, 5.74) is 6.31. The predicted molar refractivity (Wildman–Crippen MR) is 107 cm³/mol. The van der Waals surface area contributed by atoms with Crippen LogP contribution in [0.4, 0.5) is 20.3 Å². The van der Waals surface area contributed by atoms with Gasteiger partial charge in [-0.25, -0.2) is 13.8 Å². The molecule has 1 aromatic heterocycles. The lowest BCUT2D eigenvalue weighted by atomic mass is 10.1. The van der Waals surface area contributed by atoms with Crippen LogP contribution in [0.3, 0.4) is 0 Å². The molecule has 1 amide bonds. The van der Waals surface area contributed by atoms with Gasteiger partial charge in [0.05, 0.1) is 5.69 Å². The van der Waals surface area contributed by atoms with Gasteiger partial charge in [-0.05, 0) is 50.5 Å². The third-order valence-electron chi connectivity index (χ3n) is 4.59. The number of carbonyl (C=O) groups excluding carboxylic acids is 1. The van der Waals surface area contributed by atoms with Crippen molar-refractivity contribution < 1.29 is 18.4 Å². The van der Waals surface area contributed by atoms with Crippen molar-refractivity contribution >= 4 is 23.2 Å². The summed E-state index contributed by atoms with van der Waals surface area (Å²) in [6.45, 7) is 3.41. The van der Waals surface area contributed by atoms with Crippen molar-refractivity contribution in [3.8, 4) is 0 Å². The molecule has 3 rings (SSSR count). The van der Waals surface area contributed by atoms with E-state index in [-0.39, 0.29) is 11.5 Å². The Bertz CT molecular complexity index is 883. The van der Waals surface area contributed by atoms with Gasteiger partial charge in [0.25, 0.3) is 5.91 Å². The SMILES string of the molecule is CC(O/N=C(/N)c1ccc(N2CCCCC2)nc1)C(=O)Nc1ccc(F)cc1F. The molecule has 0 radical (unpaired) electrons. The van der Waals surface area contributed by atoms with Crippen LogP contribution in [0.2, 0.25) is 0 Å². The van der Waals surface area contributed by atoms with E-state index in [0.29, 0.717) is 11.6 Å². The lowest BCUT2D eigenvalue weighted by Crippen LogP contribution is -2.30. The molecule has 0 saturated carbocycles. The molecule has 0 spiro atoms. The Balaban J connectivity index is 1.57. The van der Waals surface area contributed by atoms with Crippen LogP contribution >= 0.6 is 0 Å². The minimum Gasteiger partial charge on any atom is -0.381 e. The largest absolute Gasteiger partial charge is 0.381 e. The van der Waals surface area contributed by atoms with E-state index in [1.165, 1.54) is 13.3 Å². The molecule has 1 aromatic carbocycles. The molecular formula is C20H23F2N5O2. The molecule has 2 aromatic rings. The summed E-state index contributed by atoms with van der Waals surface area (Å²) in [5.74, 6) is -1.31. The maximum absolute atomic E-state index is 13.6. The summed E-state index contributed by atoms with van der Waals surface area (Å²) < 4.78 is 26.6. The van der Waals surface area contributed by atoms with E-state index in [2.05, 4.69) is 20.4 Å². The number of nitrogens with one attached hydrogen (secondary N) is 1. The van der Waals surface area contributed by atoms with E-state index < -0.39 is 23.6 Å². The van der Waals surface area contributed by atoms with E-state index in [4.69, 9.17) is 10.6 Å². The average Bonchev–Trinajstić information content (AvgIpc) is 2.74.